The third-order valence-electron chi connectivity index (χ3n) is 3.18. The summed E-state index contributed by atoms with van der Waals surface area (Å²) in [5.74, 6) is -0.489. The number of amides is 1. The molecule has 1 amide bonds. The van der Waals surface area contributed by atoms with Crippen LogP contribution in [0.1, 0.15) is 18.4 Å². The summed E-state index contributed by atoms with van der Waals surface area (Å²) in [6.45, 7) is 0.260. The number of rotatable bonds is 6. The van der Waals surface area contributed by atoms with Crippen LogP contribution in [0.25, 0.3) is 0 Å². The van der Waals surface area contributed by atoms with E-state index in [1.807, 2.05) is 0 Å². The maximum Gasteiger partial charge on any atom is 0.417 e. The molecule has 1 N–H and O–H groups in total. The van der Waals surface area contributed by atoms with Crippen molar-refractivity contribution in [2.24, 2.45) is 0 Å². The van der Waals surface area contributed by atoms with Crippen LogP contribution >= 0.6 is 11.6 Å². The summed E-state index contributed by atoms with van der Waals surface area (Å²) >= 11 is 5.50. The molecule has 7 nitrogen and oxygen atoms in total. The normalized spacial score (nSPS) is 11.4. The molecule has 0 aliphatic heterocycles. The molecule has 11 heteroatoms. The van der Waals surface area contributed by atoms with E-state index in [-0.39, 0.29) is 24.3 Å². The van der Waals surface area contributed by atoms with Gasteiger partial charge < -0.3 is 5.32 Å². The minimum atomic E-state index is -4.62. The number of carbonyl (C=O) groups is 1. The van der Waals surface area contributed by atoms with Gasteiger partial charge in [-0.3, -0.25) is 19.6 Å². The Balaban J connectivity index is 1.89. The van der Waals surface area contributed by atoms with Crippen LogP contribution in [0.15, 0.2) is 30.6 Å². The van der Waals surface area contributed by atoms with Crippen molar-refractivity contribution < 1.29 is 22.9 Å². The van der Waals surface area contributed by atoms with Crippen molar-refractivity contribution in [1.82, 2.24) is 9.78 Å². The molecule has 1 heterocycles. The Bertz CT molecular complexity index is 792. The van der Waals surface area contributed by atoms with Gasteiger partial charge in [0.2, 0.25) is 5.91 Å². The van der Waals surface area contributed by atoms with Gasteiger partial charge in [-0.1, -0.05) is 11.6 Å². The molecule has 0 aliphatic rings. The van der Waals surface area contributed by atoms with E-state index in [1.165, 1.54) is 16.9 Å². The van der Waals surface area contributed by atoms with E-state index in [2.05, 4.69) is 10.4 Å². The van der Waals surface area contributed by atoms with Gasteiger partial charge in [-0.15, -0.1) is 0 Å². The van der Waals surface area contributed by atoms with Gasteiger partial charge in [0.15, 0.2) is 0 Å². The lowest BCUT2D eigenvalue weighted by Crippen LogP contribution is -2.14. The zero-order chi connectivity index (χ0) is 18.6. The molecular weight excluding hydrogens is 365 g/mol. The number of nitrogens with one attached hydrogen (secondary N) is 1. The molecule has 2 rings (SSSR count). The van der Waals surface area contributed by atoms with E-state index >= 15 is 0 Å². The number of aromatic nitrogens is 2. The number of alkyl halides is 3. The Morgan fingerprint density at radius 2 is 2.12 bits per heavy atom. The molecule has 0 saturated heterocycles. The van der Waals surface area contributed by atoms with Crippen molar-refractivity contribution >= 4 is 28.9 Å². The first-order valence-corrected chi connectivity index (χ1v) is 7.38. The second kappa shape index (κ2) is 7.51. The summed E-state index contributed by atoms with van der Waals surface area (Å²) < 4.78 is 39.6. The second-order valence-electron chi connectivity index (χ2n) is 5.06. The highest BCUT2D eigenvalue weighted by atomic mass is 35.5. The van der Waals surface area contributed by atoms with Gasteiger partial charge in [-0.2, -0.15) is 18.3 Å². The summed E-state index contributed by atoms with van der Waals surface area (Å²) in [6, 6.07) is 3.09. The van der Waals surface area contributed by atoms with E-state index in [9.17, 15) is 28.1 Å². The Hall–Kier alpha value is -2.62. The van der Waals surface area contributed by atoms with E-state index in [4.69, 9.17) is 11.6 Å². The Labute approximate surface area is 144 Å². The van der Waals surface area contributed by atoms with Crippen LogP contribution in [-0.4, -0.2) is 20.6 Å². The predicted molar refractivity (Wildman–Crippen MR) is 83.2 cm³/mol. The number of halogens is 4. The minimum absolute atomic E-state index is 0.0115. The summed E-state index contributed by atoms with van der Waals surface area (Å²) in [7, 11) is 0. The number of carbonyl (C=O) groups excluding carboxylic acids is 1. The summed E-state index contributed by atoms with van der Waals surface area (Å²) in [4.78, 5) is 21.7. The summed E-state index contributed by atoms with van der Waals surface area (Å²) in [5, 5.41) is 16.2. The Morgan fingerprint density at radius 1 is 1.40 bits per heavy atom. The maximum atomic E-state index is 12.8. The molecule has 0 atom stereocenters. The van der Waals surface area contributed by atoms with Gasteiger partial charge >= 0.3 is 11.9 Å². The fourth-order valence-corrected chi connectivity index (χ4v) is 2.24. The van der Waals surface area contributed by atoms with Crippen LogP contribution in [0.2, 0.25) is 5.02 Å². The van der Waals surface area contributed by atoms with Crippen molar-refractivity contribution in [2.45, 2.75) is 25.6 Å². The second-order valence-corrected chi connectivity index (χ2v) is 5.47. The minimum Gasteiger partial charge on any atom is -0.326 e. The largest absolute Gasteiger partial charge is 0.417 e. The van der Waals surface area contributed by atoms with Crippen LogP contribution in [-0.2, 0) is 17.5 Å². The molecule has 25 heavy (non-hydrogen) atoms. The summed E-state index contributed by atoms with van der Waals surface area (Å²) in [5.41, 5.74) is -1.21. The first kappa shape index (κ1) is 18.7. The number of hydrogen-bond donors (Lipinski definition) is 1. The molecule has 1 aromatic heterocycles. The SMILES string of the molecule is O=C(CCCn1cc([N+](=O)[O-])cn1)Nc1ccc(Cl)c(C(F)(F)F)c1. The highest BCUT2D eigenvalue weighted by Crippen LogP contribution is 2.36. The zero-order valence-corrected chi connectivity index (χ0v) is 13.3. The van der Waals surface area contributed by atoms with Gasteiger partial charge in [0.05, 0.1) is 15.5 Å². The van der Waals surface area contributed by atoms with Gasteiger partial charge in [0.1, 0.15) is 12.4 Å². The van der Waals surface area contributed by atoms with Crippen LogP contribution < -0.4 is 5.32 Å². The first-order chi connectivity index (χ1) is 11.7. The van der Waals surface area contributed by atoms with Crippen molar-refractivity contribution in [3.63, 3.8) is 0 Å². The number of nitrogens with zero attached hydrogens (tertiary/aromatic N) is 3. The summed E-state index contributed by atoms with van der Waals surface area (Å²) in [6.07, 6.45) is -1.98. The molecular formula is C14H12ClF3N4O3. The van der Waals surface area contributed by atoms with Crippen LogP contribution in [0.3, 0.4) is 0 Å². The van der Waals surface area contributed by atoms with E-state index < -0.39 is 27.6 Å². The topological polar surface area (TPSA) is 90.1 Å². The van der Waals surface area contributed by atoms with Crippen molar-refractivity contribution in [3.05, 3.63) is 51.3 Å². The van der Waals surface area contributed by atoms with Gasteiger partial charge in [0.25, 0.3) is 0 Å². The van der Waals surface area contributed by atoms with Crippen molar-refractivity contribution in [2.75, 3.05) is 5.32 Å². The molecule has 0 radical (unpaired) electrons. The Morgan fingerprint density at radius 3 is 2.72 bits per heavy atom. The third kappa shape index (κ3) is 5.18. The average molecular weight is 377 g/mol. The van der Waals surface area contributed by atoms with Gasteiger partial charge in [-0.05, 0) is 24.6 Å². The van der Waals surface area contributed by atoms with Crippen LogP contribution in [0.5, 0.6) is 0 Å². The quantitative estimate of drug-likeness (QED) is 0.612. The molecule has 0 aliphatic carbocycles. The van der Waals surface area contributed by atoms with Crippen molar-refractivity contribution in [1.29, 1.82) is 0 Å². The molecule has 0 unspecified atom stereocenters. The van der Waals surface area contributed by atoms with Crippen LogP contribution in [0.4, 0.5) is 24.5 Å². The number of nitro groups is 1. The van der Waals surface area contributed by atoms with E-state index in [0.29, 0.717) is 6.42 Å². The fourth-order valence-electron chi connectivity index (χ4n) is 2.01. The fraction of sp³-hybridized carbons (Fsp3) is 0.286. The van der Waals surface area contributed by atoms with Gasteiger partial charge in [-0.25, -0.2) is 0 Å². The maximum absolute atomic E-state index is 12.8. The third-order valence-corrected chi connectivity index (χ3v) is 3.51. The van der Waals surface area contributed by atoms with E-state index in [0.717, 1.165) is 18.3 Å². The predicted octanol–water partition coefficient (Wildman–Crippen LogP) is 3.88. The molecule has 0 fully saturated rings. The number of benzene rings is 1. The number of anilines is 1. The lowest BCUT2D eigenvalue weighted by atomic mass is 10.2. The molecule has 0 bridgehead atoms. The van der Waals surface area contributed by atoms with Crippen LogP contribution in [0, 0.1) is 10.1 Å². The Kier molecular flexibility index (Phi) is 5.62. The first-order valence-electron chi connectivity index (χ1n) is 7.00. The number of aryl methyl sites for hydroxylation is 1. The molecule has 1 aromatic carbocycles. The average Bonchev–Trinajstić information content (AvgIpc) is 2.97. The highest BCUT2D eigenvalue weighted by molar-refractivity contribution is 6.31. The smallest absolute Gasteiger partial charge is 0.326 e. The van der Waals surface area contributed by atoms with E-state index in [1.54, 1.807) is 0 Å². The lowest BCUT2D eigenvalue weighted by molar-refractivity contribution is -0.385. The molecule has 2 aromatic rings. The molecule has 0 spiro atoms. The standard InChI is InChI=1S/C14H12ClF3N4O3/c15-12-4-3-9(6-11(12)14(16,17)18)20-13(23)2-1-5-21-8-10(7-19-21)22(24)25/h3-4,6-8H,1-2,5H2,(H,20,23). The monoisotopic (exact) mass is 376 g/mol. The molecule has 0 saturated carbocycles. The van der Waals surface area contributed by atoms with Crippen molar-refractivity contribution in [3.8, 4) is 0 Å². The lowest BCUT2D eigenvalue weighted by Gasteiger charge is -2.11. The number of hydrogen-bond acceptors (Lipinski definition) is 4. The zero-order valence-electron chi connectivity index (χ0n) is 12.6. The highest BCUT2D eigenvalue weighted by Gasteiger charge is 2.33. The molecule has 134 valence electrons. The van der Waals surface area contributed by atoms with Gasteiger partial charge in [0, 0.05) is 18.7 Å².